The summed E-state index contributed by atoms with van der Waals surface area (Å²) in [6.07, 6.45) is 3.38. The van der Waals surface area contributed by atoms with E-state index < -0.39 is 0 Å². The Bertz CT molecular complexity index is 268. The molecule has 3 amide bonds. The number of allylic oxidation sites excluding steroid dienone is 1. The van der Waals surface area contributed by atoms with Crippen LogP contribution >= 0.6 is 0 Å². The zero-order valence-corrected chi connectivity index (χ0v) is 9.19. The standard InChI is InChI=1S/C10H17N3O2/c1-3-4-11-10(15)13-7-5-12(6-8-13)9(2)14/h3-4H,5-8H2,1-2H3,(H,11,15)/b4-3+. The molecule has 0 unspecified atom stereocenters. The molecule has 1 fully saturated rings. The fraction of sp³-hybridized carbons (Fsp3) is 0.600. The Morgan fingerprint density at radius 1 is 1.13 bits per heavy atom. The number of rotatable bonds is 1. The first-order valence-electron chi connectivity index (χ1n) is 5.07. The molecule has 15 heavy (non-hydrogen) atoms. The van der Waals surface area contributed by atoms with E-state index in [4.69, 9.17) is 0 Å². The topological polar surface area (TPSA) is 52.7 Å². The lowest BCUT2D eigenvalue weighted by molar-refractivity contribution is -0.130. The number of piperazine rings is 1. The van der Waals surface area contributed by atoms with Crippen LogP contribution in [0.4, 0.5) is 4.79 Å². The van der Waals surface area contributed by atoms with Gasteiger partial charge in [0.25, 0.3) is 0 Å². The molecule has 5 nitrogen and oxygen atoms in total. The average molecular weight is 211 g/mol. The highest BCUT2D eigenvalue weighted by atomic mass is 16.2. The minimum absolute atomic E-state index is 0.0727. The van der Waals surface area contributed by atoms with E-state index in [9.17, 15) is 9.59 Å². The SMILES string of the molecule is C/C=C/NC(=O)N1CCN(C(C)=O)CC1. The summed E-state index contributed by atoms with van der Waals surface area (Å²) in [6.45, 7) is 5.84. The third-order valence-electron chi connectivity index (χ3n) is 2.39. The molecule has 0 aromatic carbocycles. The molecule has 0 aromatic rings. The number of nitrogens with zero attached hydrogens (tertiary/aromatic N) is 2. The highest BCUT2D eigenvalue weighted by Crippen LogP contribution is 2.01. The van der Waals surface area contributed by atoms with Crippen molar-refractivity contribution in [2.24, 2.45) is 0 Å². The summed E-state index contributed by atoms with van der Waals surface area (Å²) in [5, 5.41) is 2.65. The van der Waals surface area contributed by atoms with Crippen molar-refractivity contribution in [2.45, 2.75) is 13.8 Å². The van der Waals surface area contributed by atoms with E-state index in [1.807, 2.05) is 6.92 Å². The van der Waals surface area contributed by atoms with Gasteiger partial charge in [0.2, 0.25) is 5.91 Å². The summed E-state index contributed by atoms with van der Waals surface area (Å²) in [5.41, 5.74) is 0. The zero-order chi connectivity index (χ0) is 11.3. The molecule has 1 aliphatic rings. The smallest absolute Gasteiger partial charge is 0.321 e. The second-order valence-electron chi connectivity index (χ2n) is 3.44. The van der Waals surface area contributed by atoms with Crippen LogP contribution in [0, 0.1) is 0 Å². The van der Waals surface area contributed by atoms with Gasteiger partial charge in [-0.25, -0.2) is 4.79 Å². The second kappa shape index (κ2) is 5.38. The molecular weight excluding hydrogens is 194 g/mol. The van der Waals surface area contributed by atoms with Gasteiger partial charge in [0, 0.05) is 39.3 Å². The fourth-order valence-corrected chi connectivity index (χ4v) is 1.47. The van der Waals surface area contributed by atoms with Crippen LogP contribution in [-0.2, 0) is 4.79 Å². The minimum atomic E-state index is -0.101. The van der Waals surface area contributed by atoms with Crippen molar-refractivity contribution in [2.75, 3.05) is 26.2 Å². The van der Waals surface area contributed by atoms with Gasteiger partial charge in [0.1, 0.15) is 0 Å². The number of amides is 3. The molecule has 1 saturated heterocycles. The first-order valence-corrected chi connectivity index (χ1v) is 5.07. The van der Waals surface area contributed by atoms with Gasteiger partial charge < -0.3 is 15.1 Å². The van der Waals surface area contributed by atoms with Gasteiger partial charge in [-0.05, 0) is 6.92 Å². The van der Waals surface area contributed by atoms with Crippen LogP contribution in [0.25, 0.3) is 0 Å². The number of urea groups is 1. The van der Waals surface area contributed by atoms with Crippen LogP contribution in [0.5, 0.6) is 0 Å². The van der Waals surface area contributed by atoms with Crippen LogP contribution < -0.4 is 5.32 Å². The normalized spacial score (nSPS) is 16.9. The molecule has 0 aromatic heterocycles. The van der Waals surface area contributed by atoms with Crippen molar-refractivity contribution in [1.82, 2.24) is 15.1 Å². The van der Waals surface area contributed by atoms with Crippen molar-refractivity contribution in [3.63, 3.8) is 0 Å². The summed E-state index contributed by atoms with van der Waals surface area (Å²) < 4.78 is 0. The number of hydrogen-bond acceptors (Lipinski definition) is 2. The molecule has 0 spiro atoms. The lowest BCUT2D eigenvalue weighted by Crippen LogP contribution is -2.52. The number of carbonyl (C=O) groups is 2. The van der Waals surface area contributed by atoms with Gasteiger partial charge in [-0.15, -0.1) is 0 Å². The predicted molar refractivity (Wildman–Crippen MR) is 57.2 cm³/mol. The number of nitrogens with one attached hydrogen (secondary N) is 1. The van der Waals surface area contributed by atoms with Crippen molar-refractivity contribution >= 4 is 11.9 Å². The van der Waals surface area contributed by atoms with Gasteiger partial charge in [0.05, 0.1) is 0 Å². The first kappa shape index (κ1) is 11.6. The van der Waals surface area contributed by atoms with E-state index in [1.165, 1.54) is 0 Å². The maximum Gasteiger partial charge on any atom is 0.321 e. The van der Waals surface area contributed by atoms with Crippen LogP contribution in [0.2, 0.25) is 0 Å². The van der Waals surface area contributed by atoms with E-state index >= 15 is 0 Å². The largest absolute Gasteiger partial charge is 0.339 e. The van der Waals surface area contributed by atoms with Crippen LogP contribution in [-0.4, -0.2) is 47.9 Å². The third-order valence-corrected chi connectivity index (χ3v) is 2.39. The summed E-state index contributed by atoms with van der Waals surface area (Å²) in [4.78, 5) is 26.0. The van der Waals surface area contributed by atoms with E-state index in [2.05, 4.69) is 5.32 Å². The molecule has 0 radical (unpaired) electrons. The Hall–Kier alpha value is -1.52. The van der Waals surface area contributed by atoms with Gasteiger partial charge in [-0.2, -0.15) is 0 Å². The lowest BCUT2D eigenvalue weighted by atomic mass is 10.3. The molecule has 1 rings (SSSR count). The molecule has 1 N–H and O–H groups in total. The van der Waals surface area contributed by atoms with Gasteiger partial charge in [-0.1, -0.05) is 6.08 Å². The maximum absolute atomic E-state index is 11.5. The van der Waals surface area contributed by atoms with Gasteiger partial charge in [-0.3, -0.25) is 4.79 Å². The van der Waals surface area contributed by atoms with Gasteiger partial charge >= 0.3 is 6.03 Å². The van der Waals surface area contributed by atoms with E-state index in [1.54, 1.807) is 29.0 Å². The highest BCUT2D eigenvalue weighted by molar-refractivity contribution is 5.76. The van der Waals surface area contributed by atoms with Crippen molar-refractivity contribution in [3.8, 4) is 0 Å². The van der Waals surface area contributed by atoms with Crippen molar-refractivity contribution in [3.05, 3.63) is 12.3 Å². The van der Waals surface area contributed by atoms with E-state index in [-0.39, 0.29) is 11.9 Å². The fourth-order valence-electron chi connectivity index (χ4n) is 1.47. The number of hydrogen-bond donors (Lipinski definition) is 1. The third kappa shape index (κ3) is 3.27. The summed E-state index contributed by atoms with van der Waals surface area (Å²) in [6, 6.07) is -0.101. The Labute approximate surface area is 89.7 Å². The van der Waals surface area contributed by atoms with Crippen molar-refractivity contribution < 1.29 is 9.59 Å². The monoisotopic (exact) mass is 211 g/mol. The minimum Gasteiger partial charge on any atom is -0.339 e. The van der Waals surface area contributed by atoms with E-state index in [0.717, 1.165) is 0 Å². The predicted octanol–water partition coefficient (Wildman–Crippen LogP) is 0.394. The second-order valence-corrected chi connectivity index (χ2v) is 3.44. The first-order chi connectivity index (χ1) is 7.15. The Kier molecular flexibility index (Phi) is 4.15. The molecule has 1 aliphatic heterocycles. The molecular formula is C10H17N3O2. The summed E-state index contributed by atoms with van der Waals surface area (Å²) in [5.74, 6) is 0.0727. The van der Waals surface area contributed by atoms with E-state index in [0.29, 0.717) is 26.2 Å². The van der Waals surface area contributed by atoms with Gasteiger partial charge in [0.15, 0.2) is 0 Å². The average Bonchev–Trinajstić information content (AvgIpc) is 2.26. The van der Waals surface area contributed by atoms with Crippen LogP contribution in [0.15, 0.2) is 12.3 Å². The molecule has 5 heteroatoms. The molecule has 84 valence electrons. The molecule has 0 atom stereocenters. The molecule has 0 saturated carbocycles. The molecule has 1 heterocycles. The quantitative estimate of drug-likeness (QED) is 0.682. The van der Waals surface area contributed by atoms with Crippen LogP contribution in [0.1, 0.15) is 13.8 Å². The lowest BCUT2D eigenvalue weighted by Gasteiger charge is -2.33. The Morgan fingerprint density at radius 2 is 1.67 bits per heavy atom. The molecule has 0 bridgehead atoms. The Balaban J connectivity index is 2.36. The number of carbonyl (C=O) groups excluding carboxylic acids is 2. The van der Waals surface area contributed by atoms with Crippen LogP contribution in [0.3, 0.4) is 0 Å². The zero-order valence-electron chi connectivity index (χ0n) is 9.19. The van der Waals surface area contributed by atoms with Crippen molar-refractivity contribution in [1.29, 1.82) is 0 Å². The summed E-state index contributed by atoms with van der Waals surface area (Å²) in [7, 11) is 0. The maximum atomic E-state index is 11.5. The highest BCUT2D eigenvalue weighted by Gasteiger charge is 2.21. The molecule has 0 aliphatic carbocycles. The summed E-state index contributed by atoms with van der Waals surface area (Å²) >= 11 is 0. The Morgan fingerprint density at radius 3 is 2.13 bits per heavy atom.